The van der Waals surface area contributed by atoms with Crippen molar-refractivity contribution in [3.05, 3.63) is 11.6 Å². The number of hydrogen-bond acceptors (Lipinski definition) is 2. The van der Waals surface area contributed by atoms with Gasteiger partial charge in [-0.15, -0.1) is 0 Å². The number of allylic oxidation sites excluding steroid dienone is 1. The van der Waals surface area contributed by atoms with E-state index in [0.717, 1.165) is 38.0 Å². The lowest BCUT2D eigenvalue weighted by Gasteiger charge is -2.58. The Morgan fingerprint density at radius 2 is 1.92 bits per heavy atom. The maximum absolute atomic E-state index is 12.4. The lowest BCUT2D eigenvalue weighted by atomic mass is 9.46. The Bertz CT molecular complexity index is 609. The van der Waals surface area contributed by atoms with Gasteiger partial charge in [0.2, 0.25) is 0 Å². The molecule has 2 nitrogen and oxygen atoms in total. The average Bonchev–Trinajstić information content (AvgIpc) is 2.92. The van der Waals surface area contributed by atoms with E-state index in [4.69, 9.17) is 7.85 Å². The van der Waals surface area contributed by atoms with Crippen LogP contribution in [0.5, 0.6) is 0 Å². The van der Waals surface area contributed by atoms with E-state index in [0.29, 0.717) is 17.6 Å². The predicted molar refractivity (Wildman–Crippen MR) is 95.8 cm³/mol. The van der Waals surface area contributed by atoms with Gasteiger partial charge in [0.05, 0.1) is 7.85 Å². The van der Waals surface area contributed by atoms with E-state index in [1.165, 1.54) is 24.8 Å². The summed E-state index contributed by atoms with van der Waals surface area (Å²) >= 11 is 0. The van der Waals surface area contributed by atoms with E-state index in [1.54, 1.807) is 0 Å². The highest BCUT2D eigenvalue weighted by Gasteiger charge is 2.59. The van der Waals surface area contributed by atoms with Gasteiger partial charge in [-0.05, 0) is 85.9 Å². The summed E-state index contributed by atoms with van der Waals surface area (Å²) in [6.45, 7) is 4.79. The van der Waals surface area contributed by atoms with Gasteiger partial charge in [0.15, 0.2) is 5.78 Å². The van der Waals surface area contributed by atoms with Gasteiger partial charge in [-0.1, -0.05) is 19.4 Å². The third-order valence-electron chi connectivity index (χ3n) is 8.55. The van der Waals surface area contributed by atoms with Crippen molar-refractivity contribution in [3.8, 4) is 0 Å². The minimum atomic E-state index is 0.166. The first-order chi connectivity index (χ1) is 11.4. The van der Waals surface area contributed by atoms with Crippen molar-refractivity contribution in [1.29, 1.82) is 0 Å². The maximum atomic E-state index is 12.4. The predicted octanol–water partition coefficient (Wildman–Crippen LogP) is 4.29. The summed E-state index contributed by atoms with van der Waals surface area (Å²) in [6, 6.07) is 0. The van der Waals surface area contributed by atoms with Crippen molar-refractivity contribution < 1.29 is 9.59 Å². The molecule has 0 aromatic heterocycles. The Morgan fingerprint density at radius 3 is 2.67 bits per heavy atom. The molecule has 4 aliphatic rings. The molecule has 3 saturated carbocycles. The Morgan fingerprint density at radius 1 is 1.12 bits per heavy atom. The molecular weight excluding hydrogens is 295 g/mol. The number of ketones is 2. The van der Waals surface area contributed by atoms with Crippen molar-refractivity contribution in [3.63, 3.8) is 0 Å². The van der Waals surface area contributed by atoms with Crippen LogP contribution in [0.3, 0.4) is 0 Å². The van der Waals surface area contributed by atoms with Gasteiger partial charge in [0.25, 0.3) is 0 Å². The van der Waals surface area contributed by atoms with Crippen LogP contribution in [0.25, 0.3) is 0 Å². The van der Waals surface area contributed by atoms with Crippen molar-refractivity contribution >= 4 is 19.4 Å². The van der Waals surface area contributed by atoms with E-state index in [1.807, 2.05) is 6.08 Å². The molecule has 0 spiro atoms. The molecule has 0 heterocycles. The number of Topliss-reactive ketones (excluding diaryl/α,β-unsaturated/α-hetero) is 1. The number of rotatable bonds is 2. The molecule has 6 atom stereocenters. The number of carbonyl (C=O) groups is 2. The molecule has 24 heavy (non-hydrogen) atoms. The molecule has 0 unspecified atom stereocenters. The smallest absolute Gasteiger partial charge is 0.155 e. The van der Waals surface area contributed by atoms with E-state index in [9.17, 15) is 9.59 Å². The van der Waals surface area contributed by atoms with Crippen molar-refractivity contribution in [2.45, 2.75) is 71.5 Å². The van der Waals surface area contributed by atoms with Crippen LogP contribution < -0.4 is 0 Å². The number of hydrogen-bond donors (Lipinski definition) is 0. The molecule has 0 amide bonds. The SMILES string of the molecule is [B]CC(=O)[C@H]1CC[C@H]2[C@@H]3CCC4=CC(=O)CC[C@]4(C)[C@H]3CC[C@]12C. The first-order valence-corrected chi connectivity index (χ1v) is 9.87. The van der Waals surface area contributed by atoms with E-state index >= 15 is 0 Å². The molecule has 0 aromatic carbocycles. The molecule has 0 aromatic rings. The lowest BCUT2D eigenvalue weighted by molar-refractivity contribution is -0.128. The molecule has 0 bridgehead atoms. The maximum Gasteiger partial charge on any atom is 0.155 e. The molecule has 0 aliphatic heterocycles. The Kier molecular flexibility index (Phi) is 3.86. The average molecular weight is 324 g/mol. The van der Waals surface area contributed by atoms with Gasteiger partial charge in [-0.25, -0.2) is 0 Å². The summed E-state index contributed by atoms with van der Waals surface area (Å²) in [5.74, 6) is 2.91. The van der Waals surface area contributed by atoms with Gasteiger partial charge in [-0.2, -0.15) is 0 Å². The topological polar surface area (TPSA) is 34.1 Å². The van der Waals surface area contributed by atoms with Crippen LogP contribution in [0.1, 0.15) is 65.2 Å². The van der Waals surface area contributed by atoms with Crippen LogP contribution in [0.2, 0.25) is 6.32 Å². The molecule has 0 saturated heterocycles. The highest BCUT2D eigenvalue weighted by molar-refractivity contribution is 6.20. The molecule has 128 valence electrons. The lowest BCUT2D eigenvalue weighted by Crippen LogP contribution is -2.51. The quantitative estimate of drug-likeness (QED) is 0.710. The summed E-state index contributed by atoms with van der Waals surface area (Å²) in [5.41, 5.74) is 1.82. The zero-order valence-corrected chi connectivity index (χ0v) is 15.1. The van der Waals surface area contributed by atoms with Crippen molar-refractivity contribution in [2.75, 3.05) is 0 Å². The van der Waals surface area contributed by atoms with Crippen LogP contribution in [0, 0.1) is 34.5 Å². The zero-order chi connectivity index (χ0) is 17.1. The van der Waals surface area contributed by atoms with Crippen LogP contribution in [0.4, 0.5) is 0 Å². The molecule has 3 heteroatoms. The van der Waals surface area contributed by atoms with Gasteiger partial charge < -0.3 is 4.79 Å². The van der Waals surface area contributed by atoms with Crippen LogP contribution in [-0.2, 0) is 9.59 Å². The van der Waals surface area contributed by atoms with Crippen LogP contribution in [0.15, 0.2) is 11.6 Å². The van der Waals surface area contributed by atoms with Crippen molar-refractivity contribution in [1.82, 2.24) is 0 Å². The second-order valence-corrected chi connectivity index (χ2v) is 9.31. The molecule has 4 rings (SSSR count). The molecule has 0 N–H and O–H groups in total. The fraction of sp³-hybridized carbons (Fsp3) is 0.810. The second-order valence-electron chi connectivity index (χ2n) is 9.31. The summed E-state index contributed by atoms with van der Waals surface area (Å²) in [4.78, 5) is 24.3. The number of fused-ring (bicyclic) bond motifs is 5. The first kappa shape index (κ1) is 16.6. The fourth-order valence-electron chi connectivity index (χ4n) is 7.23. The Labute approximate surface area is 147 Å². The van der Waals surface area contributed by atoms with Gasteiger partial charge in [0.1, 0.15) is 5.78 Å². The highest BCUT2D eigenvalue weighted by Crippen LogP contribution is 2.66. The minimum Gasteiger partial charge on any atom is -0.300 e. The highest BCUT2D eigenvalue weighted by atomic mass is 16.1. The summed E-state index contributed by atoms with van der Waals surface area (Å²) in [6.07, 6.45) is 10.8. The van der Waals surface area contributed by atoms with Gasteiger partial charge in [-0.3, -0.25) is 4.79 Å². The molecule has 3 fully saturated rings. The minimum absolute atomic E-state index is 0.166. The monoisotopic (exact) mass is 324 g/mol. The van der Waals surface area contributed by atoms with E-state index in [2.05, 4.69) is 13.8 Å². The largest absolute Gasteiger partial charge is 0.300 e. The van der Waals surface area contributed by atoms with Gasteiger partial charge in [0, 0.05) is 12.3 Å². The van der Waals surface area contributed by atoms with E-state index < -0.39 is 0 Å². The molecule has 4 aliphatic carbocycles. The standard InChI is InChI=1S/C21H29BO2/c1-20-9-7-14(23)11-13(20)3-4-15-16-5-6-18(19(24)12-22)21(16,2)10-8-17(15)20/h11,15-18H,3-10,12H2,1-2H3/t15-,16-,17-,18+,20-,21-/m0/s1. The van der Waals surface area contributed by atoms with Crippen LogP contribution >= 0.6 is 0 Å². The first-order valence-electron chi connectivity index (χ1n) is 9.87. The normalized spacial score (nSPS) is 47.4. The summed E-state index contributed by atoms with van der Waals surface area (Å²) in [5, 5.41) is 0. The van der Waals surface area contributed by atoms with Gasteiger partial charge >= 0.3 is 0 Å². The fourth-order valence-corrected chi connectivity index (χ4v) is 7.23. The third kappa shape index (κ3) is 2.15. The van der Waals surface area contributed by atoms with Crippen molar-refractivity contribution in [2.24, 2.45) is 34.5 Å². The number of carbonyl (C=O) groups excluding carboxylic acids is 2. The molecular formula is C21H29BO2. The Hall–Kier alpha value is -0.855. The molecule has 2 radical (unpaired) electrons. The third-order valence-corrected chi connectivity index (χ3v) is 8.55. The Balaban J connectivity index is 1.65. The van der Waals surface area contributed by atoms with Crippen LogP contribution in [-0.4, -0.2) is 19.4 Å². The summed E-state index contributed by atoms with van der Waals surface area (Å²) in [7, 11) is 5.70. The second kappa shape index (κ2) is 5.57. The van der Waals surface area contributed by atoms with E-state index in [-0.39, 0.29) is 28.9 Å². The zero-order valence-electron chi connectivity index (χ0n) is 15.1. The summed E-state index contributed by atoms with van der Waals surface area (Å²) < 4.78 is 0.